The van der Waals surface area contributed by atoms with Crippen molar-refractivity contribution in [2.24, 2.45) is 0 Å². The second-order valence-electron chi connectivity index (χ2n) is 6.54. The van der Waals surface area contributed by atoms with Gasteiger partial charge in [-0.1, -0.05) is 56.1 Å². The van der Waals surface area contributed by atoms with Crippen LogP contribution in [0.25, 0.3) is 0 Å². The van der Waals surface area contributed by atoms with Crippen molar-refractivity contribution in [2.75, 3.05) is 14.2 Å². The van der Waals surface area contributed by atoms with E-state index in [2.05, 4.69) is 31.9 Å². The average Bonchev–Trinajstić information content (AvgIpc) is 2.71. The van der Waals surface area contributed by atoms with Crippen LogP contribution in [-0.2, 0) is 36.5 Å². The molecule has 2 aromatic rings. The maximum absolute atomic E-state index is 6.24. The van der Waals surface area contributed by atoms with Crippen LogP contribution in [0, 0.1) is 0 Å². The van der Waals surface area contributed by atoms with Crippen molar-refractivity contribution in [3.05, 3.63) is 68.6 Å². The zero-order valence-corrected chi connectivity index (χ0v) is 20.3. The lowest BCUT2D eigenvalue weighted by molar-refractivity contribution is -0.310. The lowest BCUT2D eigenvalue weighted by atomic mass is 10.1. The summed E-state index contributed by atoms with van der Waals surface area (Å²) in [6.45, 7) is 3.67. The van der Waals surface area contributed by atoms with Gasteiger partial charge in [-0.3, -0.25) is 0 Å². The largest absolute Gasteiger partial charge is 0.356 e. The Morgan fingerprint density at radius 3 is 1.28 bits per heavy atom. The van der Waals surface area contributed by atoms with E-state index in [1.807, 2.05) is 62.4 Å². The molecule has 0 aromatic heterocycles. The monoisotopic (exact) mass is 530 g/mol. The first kappa shape index (κ1) is 24.5. The van der Waals surface area contributed by atoms with Crippen molar-refractivity contribution in [1.82, 2.24) is 0 Å². The van der Waals surface area contributed by atoms with Crippen LogP contribution in [0.1, 0.15) is 25.0 Å². The van der Waals surface area contributed by atoms with E-state index in [-0.39, 0.29) is 0 Å². The molecule has 0 aliphatic rings. The molecule has 0 amide bonds. The summed E-state index contributed by atoms with van der Waals surface area (Å²) in [5.74, 6) is 0. The van der Waals surface area contributed by atoms with Crippen LogP contribution in [0.3, 0.4) is 0 Å². The smallest absolute Gasteiger partial charge is 0.167 e. The van der Waals surface area contributed by atoms with Gasteiger partial charge in [0.1, 0.15) is 0 Å². The molecule has 160 valence electrons. The second kappa shape index (κ2) is 12.8. The molecule has 4 unspecified atom stereocenters. The molecule has 0 saturated heterocycles. The topological polar surface area (TPSA) is 46.2 Å². The lowest BCUT2D eigenvalue weighted by Gasteiger charge is -2.28. The van der Waals surface area contributed by atoms with Gasteiger partial charge in [-0.25, -0.2) is 0 Å². The van der Waals surface area contributed by atoms with Crippen molar-refractivity contribution >= 4 is 31.9 Å². The Labute approximate surface area is 189 Å². The van der Waals surface area contributed by atoms with Crippen molar-refractivity contribution < 1.29 is 23.7 Å². The van der Waals surface area contributed by atoms with Crippen molar-refractivity contribution in [2.45, 2.75) is 51.8 Å². The van der Waals surface area contributed by atoms with Crippen molar-refractivity contribution in [3.8, 4) is 0 Å². The van der Waals surface area contributed by atoms with E-state index in [4.69, 9.17) is 23.7 Å². The van der Waals surface area contributed by atoms with E-state index >= 15 is 0 Å². The molecular formula is C22H28Br2O5. The molecule has 0 fully saturated rings. The van der Waals surface area contributed by atoms with Crippen molar-refractivity contribution in [1.29, 1.82) is 0 Å². The Morgan fingerprint density at radius 1 is 0.621 bits per heavy atom. The third kappa shape index (κ3) is 9.26. The number of rotatable bonds is 12. The molecule has 0 bridgehead atoms. The predicted octanol–water partition coefficient (Wildman–Crippen LogP) is 5.68. The Bertz CT molecular complexity index is 647. The van der Waals surface area contributed by atoms with E-state index in [9.17, 15) is 0 Å². The van der Waals surface area contributed by atoms with E-state index in [0.717, 1.165) is 20.1 Å². The van der Waals surface area contributed by atoms with Gasteiger partial charge in [-0.05, 0) is 49.2 Å². The number of methoxy groups -OCH3 is 2. The average molecular weight is 532 g/mol. The maximum atomic E-state index is 6.24. The number of benzene rings is 2. The molecule has 0 heterocycles. The molecular weight excluding hydrogens is 504 g/mol. The SMILES string of the molecule is COC(C)OC(Cc1ccc(Br)cc1)OC(Cc1ccc(Br)cc1)OC(C)OC. The number of hydrogen-bond acceptors (Lipinski definition) is 5. The third-order valence-electron chi connectivity index (χ3n) is 4.29. The first-order chi connectivity index (χ1) is 13.9. The summed E-state index contributed by atoms with van der Waals surface area (Å²) in [5.41, 5.74) is 2.17. The van der Waals surface area contributed by atoms with Gasteiger partial charge in [0.25, 0.3) is 0 Å². The van der Waals surface area contributed by atoms with Crippen LogP contribution >= 0.6 is 31.9 Å². The fourth-order valence-electron chi connectivity index (χ4n) is 2.59. The highest BCUT2D eigenvalue weighted by atomic mass is 79.9. The fraction of sp³-hybridized carbons (Fsp3) is 0.455. The van der Waals surface area contributed by atoms with Crippen LogP contribution in [-0.4, -0.2) is 39.4 Å². The van der Waals surface area contributed by atoms with Gasteiger partial charge in [-0.2, -0.15) is 0 Å². The molecule has 2 rings (SSSR count). The molecule has 0 radical (unpaired) electrons. The van der Waals surface area contributed by atoms with E-state index in [1.165, 1.54) is 0 Å². The zero-order chi connectivity index (χ0) is 21.2. The number of ether oxygens (including phenoxy) is 5. The fourth-order valence-corrected chi connectivity index (χ4v) is 3.12. The zero-order valence-electron chi connectivity index (χ0n) is 17.1. The first-order valence-electron chi connectivity index (χ1n) is 9.40. The predicted molar refractivity (Wildman–Crippen MR) is 119 cm³/mol. The quantitative estimate of drug-likeness (QED) is 0.329. The summed E-state index contributed by atoms with van der Waals surface area (Å²) in [6.07, 6.45) is -0.802. The van der Waals surface area contributed by atoms with Crippen LogP contribution in [0.15, 0.2) is 57.5 Å². The molecule has 0 aliphatic carbocycles. The summed E-state index contributed by atoms with van der Waals surface area (Å²) in [5, 5.41) is 0. The lowest BCUT2D eigenvalue weighted by Crippen LogP contribution is -2.35. The molecule has 7 heteroatoms. The Morgan fingerprint density at radius 2 is 0.966 bits per heavy atom. The third-order valence-corrected chi connectivity index (χ3v) is 5.34. The van der Waals surface area contributed by atoms with E-state index < -0.39 is 25.2 Å². The first-order valence-corrected chi connectivity index (χ1v) is 11.0. The van der Waals surface area contributed by atoms with Crippen molar-refractivity contribution in [3.63, 3.8) is 0 Å². The maximum Gasteiger partial charge on any atom is 0.167 e. The summed E-state index contributed by atoms with van der Waals surface area (Å²) < 4.78 is 30.7. The molecule has 4 atom stereocenters. The molecule has 2 aromatic carbocycles. The van der Waals surface area contributed by atoms with Gasteiger partial charge >= 0.3 is 0 Å². The molecule has 0 N–H and O–H groups in total. The minimum Gasteiger partial charge on any atom is -0.356 e. The molecule has 5 nitrogen and oxygen atoms in total. The standard InChI is InChI=1S/C22H28Br2O5/c1-15(25-3)27-21(13-17-5-9-19(23)10-6-17)29-22(28-16(2)26-4)14-18-7-11-20(24)12-8-18/h5-12,15-16,21-22H,13-14H2,1-4H3. The highest BCUT2D eigenvalue weighted by Gasteiger charge is 2.23. The second-order valence-corrected chi connectivity index (χ2v) is 8.37. The number of halogens is 2. The molecule has 0 spiro atoms. The normalized spacial score (nSPS) is 15.7. The summed E-state index contributed by atoms with van der Waals surface area (Å²) >= 11 is 6.92. The van der Waals surface area contributed by atoms with E-state index in [1.54, 1.807) is 14.2 Å². The van der Waals surface area contributed by atoms with Gasteiger partial charge in [-0.15, -0.1) is 0 Å². The summed E-state index contributed by atoms with van der Waals surface area (Å²) in [6, 6.07) is 16.1. The van der Waals surface area contributed by atoms with Gasteiger partial charge in [0.15, 0.2) is 25.2 Å². The number of hydrogen-bond donors (Lipinski definition) is 0. The van der Waals surface area contributed by atoms with Crippen LogP contribution in [0.5, 0.6) is 0 Å². The molecule has 29 heavy (non-hydrogen) atoms. The molecule has 0 saturated carbocycles. The molecule has 0 aliphatic heterocycles. The Balaban J connectivity index is 2.14. The minimum absolute atomic E-state index is 0.413. The highest BCUT2D eigenvalue weighted by molar-refractivity contribution is 9.10. The summed E-state index contributed by atoms with van der Waals surface area (Å²) in [4.78, 5) is 0. The Kier molecular flexibility index (Phi) is 10.8. The van der Waals surface area contributed by atoms with Crippen LogP contribution in [0.4, 0.5) is 0 Å². The van der Waals surface area contributed by atoms with Gasteiger partial charge in [0, 0.05) is 36.0 Å². The highest BCUT2D eigenvalue weighted by Crippen LogP contribution is 2.19. The van der Waals surface area contributed by atoms with Crippen LogP contribution < -0.4 is 0 Å². The van der Waals surface area contributed by atoms with Gasteiger partial charge in [0.2, 0.25) is 0 Å². The summed E-state index contributed by atoms with van der Waals surface area (Å²) in [7, 11) is 3.20. The van der Waals surface area contributed by atoms with Gasteiger partial charge in [0.05, 0.1) is 0 Å². The van der Waals surface area contributed by atoms with Crippen LogP contribution in [0.2, 0.25) is 0 Å². The minimum atomic E-state index is -0.546. The Hall–Kier alpha value is -0.800. The van der Waals surface area contributed by atoms with E-state index in [0.29, 0.717) is 12.8 Å². The van der Waals surface area contributed by atoms with Gasteiger partial charge < -0.3 is 23.7 Å².